The van der Waals surface area contributed by atoms with Crippen LogP contribution in [-0.2, 0) is 11.3 Å². The van der Waals surface area contributed by atoms with Gasteiger partial charge in [0.2, 0.25) is 5.91 Å². The molecule has 2 amide bonds. The fourth-order valence-electron chi connectivity index (χ4n) is 2.57. The fraction of sp³-hybridized carbons (Fsp3) is 0.211. The Hall–Kier alpha value is -2.67. The number of benzene rings is 1. The quantitative estimate of drug-likeness (QED) is 0.646. The SMILES string of the molecule is Cc1c(C(=O)NCCC(=O)NCc2ccncc2)oc2ccc(Br)cc12. The number of aryl methyl sites for hydroxylation is 1. The van der Waals surface area contributed by atoms with Gasteiger partial charge in [0.05, 0.1) is 0 Å². The average molecular weight is 416 g/mol. The number of fused-ring (bicyclic) bond motifs is 1. The van der Waals surface area contributed by atoms with Gasteiger partial charge in [0.15, 0.2) is 5.76 Å². The summed E-state index contributed by atoms with van der Waals surface area (Å²) in [6.45, 7) is 2.52. The van der Waals surface area contributed by atoms with Crippen molar-refractivity contribution in [3.8, 4) is 0 Å². The van der Waals surface area contributed by atoms with E-state index in [-0.39, 0.29) is 30.5 Å². The van der Waals surface area contributed by atoms with Gasteiger partial charge in [-0.2, -0.15) is 0 Å². The van der Waals surface area contributed by atoms with Crippen LogP contribution < -0.4 is 10.6 Å². The van der Waals surface area contributed by atoms with Crippen molar-refractivity contribution >= 4 is 38.7 Å². The molecule has 7 heteroatoms. The second kappa shape index (κ2) is 8.14. The molecule has 0 aliphatic heterocycles. The molecule has 2 heterocycles. The lowest BCUT2D eigenvalue weighted by Gasteiger charge is -2.06. The number of nitrogens with zero attached hydrogens (tertiary/aromatic N) is 1. The number of carbonyl (C=O) groups is 2. The average Bonchev–Trinajstić information content (AvgIpc) is 2.97. The number of hydrogen-bond donors (Lipinski definition) is 2. The van der Waals surface area contributed by atoms with Crippen molar-refractivity contribution in [1.82, 2.24) is 15.6 Å². The van der Waals surface area contributed by atoms with Crippen molar-refractivity contribution in [2.24, 2.45) is 0 Å². The van der Waals surface area contributed by atoms with Gasteiger partial charge in [-0.15, -0.1) is 0 Å². The third-order valence-electron chi connectivity index (χ3n) is 3.98. The molecule has 0 bridgehead atoms. The number of rotatable bonds is 6. The summed E-state index contributed by atoms with van der Waals surface area (Å²) in [7, 11) is 0. The number of nitrogens with one attached hydrogen (secondary N) is 2. The Bertz CT molecular complexity index is 938. The van der Waals surface area contributed by atoms with Crippen molar-refractivity contribution in [2.45, 2.75) is 19.9 Å². The van der Waals surface area contributed by atoms with E-state index in [1.165, 1.54) is 0 Å². The molecule has 0 saturated heterocycles. The Labute approximate surface area is 159 Å². The topological polar surface area (TPSA) is 84.2 Å². The molecule has 2 aromatic heterocycles. The minimum atomic E-state index is -0.322. The predicted octanol–water partition coefficient (Wildman–Crippen LogP) is 3.34. The van der Waals surface area contributed by atoms with Gasteiger partial charge >= 0.3 is 0 Å². The van der Waals surface area contributed by atoms with E-state index in [0.717, 1.165) is 21.0 Å². The molecule has 134 valence electrons. The molecule has 3 rings (SSSR count). The minimum Gasteiger partial charge on any atom is -0.451 e. The van der Waals surface area contributed by atoms with Crippen LogP contribution >= 0.6 is 15.9 Å². The molecule has 26 heavy (non-hydrogen) atoms. The Morgan fingerprint density at radius 2 is 1.92 bits per heavy atom. The Morgan fingerprint density at radius 3 is 2.69 bits per heavy atom. The number of amides is 2. The molecular weight excluding hydrogens is 398 g/mol. The first-order chi connectivity index (χ1) is 12.5. The predicted molar refractivity (Wildman–Crippen MR) is 102 cm³/mol. The van der Waals surface area contributed by atoms with E-state index < -0.39 is 0 Å². The second-order valence-corrected chi connectivity index (χ2v) is 6.75. The Morgan fingerprint density at radius 1 is 1.15 bits per heavy atom. The number of aromatic nitrogens is 1. The summed E-state index contributed by atoms with van der Waals surface area (Å²) in [5.74, 6) is -0.181. The van der Waals surface area contributed by atoms with Crippen molar-refractivity contribution in [1.29, 1.82) is 0 Å². The van der Waals surface area contributed by atoms with Crippen molar-refractivity contribution in [2.75, 3.05) is 6.54 Å². The molecule has 3 aromatic rings. The van der Waals surface area contributed by atoms with Gasteiger partial charge in [-0.05, 0) is 42.8 Å². The standard InChI is InChI=1S/C19H18BrN3O3/c1-12-15-10-14(20)2-3-16(15)26-18(12)19(25)22-9-6-17(24)23-11-13-4-7-21-8-5-13/h2-5,7-8,10H,6,9,11H2,1H3,(H,22,25)(H,23,24). The van der Waals surface area contributed by atoms with Crippen LogP contribution in [0.25, 0.3) is 11.0 Å². The molecule has 6 nitrogen and oxygen atoms in total. The highest BCUT2D eigenvalue weighted by atomic mass is 79.9. The molecule has 0 atom stereocenters. The number of pyridine rings is 1. The maximum atomic E-state index is 12.3. The first kappa shape index (κ1) is 18.1. The van der Waals surface area contributed by atoms with Crippen LogP contribution in [0.4, 0.5) is 0 Å². The summed E-state index contributed by atoms with van der Waals surface area (Å²) in [6, 6.07) is 9.27. The lowest BCUT2D eigenvalue weighted by molar-refractivity contribution is -0.121. The summed E-state index contributed by atoms with van der Waals surface area (Å²) in [5.41, 5.74) is 2.41. The molecule has 0 unspecified atom stereocenters. The zero-order valence-electron chi connectivity index (χ0n) is 14.2. The van der Waals surface area contributed by atoms with Gasteiger partial charge in [-0.25, -0.2) is 0 Å². The molecule has 0 aliphatic carbocycles. The lowest BCUT2D eigenvalue weighted by atomic mass is 10.1. The van der Waals surface area contributed by atoms with Gasteiger partial charge in [0, 0.05) is 47.3 Å². The highest BCUT2D eigenvalue weighted by Gasteiger charge is 2.17. The second-order valence-electron chi connectivity index (χ2n) is 5.83. The largest absolute Gasteiger partial charge is 0.451 e. The first-order valence-corrected chi connectivity index (χ1v) is 8.96. The Kier molecular flexibility index (Phi) is 5.68. The zero-order chi connectivity index (χ0) is 18.5. The van der Waals surface area contributed by atoms with E-state index >= 15 is 0 Å². The van der Waals surface area contributed by atoms with Crippen LogP contribution in [0, 0.1) is 6.92 Å². The van der Waals surface area contributed by atoms with Gasteiger partial charge in [-0.3, -0.25) is 14.6 Å². The van der Waals surface area contributed by atoms with E-state index in [9.17, 15) is 9.59 Å². The van der Waals surface area contributed by atoms with Crippen molar-refractivity contribution < 1.29 is 14.0 Å². The highest BCUT2D eigenvalue weighted by Crippen LogP contribution is 2.27. The zero-order valence-corrected chi connectivity index (χ0v) is 15.8. The van der Waals surface area contributed by atoms with E-state index in [1.54, 1.807) is 12.4 Å². The number of furan rings is 1. The van der Waals surface area contributed by atoms with Crippen molar-refractivity contribution in [3.63, 3.8) is 0 Å². The van der Waals surface area contributed by atoms with Gasteiger partial charge in [0.1, 0.15) is 5.58 Å². The van der Waals surface area contributed by atoms with Crippen LogP contribution in [0.1, 0.15) is 28.1 Å². The molecule has 0 aliphatic rings. The van der Waals surface area contributed by atoms with Crippen LogP contribution in [0.2, 0.25) is 0 Å². The van der Waals surface area contributed by atoms with E-state index in [0.29, 0.717) is 12.1 Å². The molecule has 0 spiro atoms. The molecule has 0 saturated carbocycles. The van der Waals surface area contributed by atoms with Crippen LogP contribution in [0.15, 0.2) is 51.6 Å². The molecule has 0 radical (unpaired) electrons. The maximum Gasteiger partial charge on any atom is 0.287 e. The fourth-order valence-corrected chi connectivity index (χ4v) is 2.93. The summed E-state index contributed by atoms with van der Waals surface area (Å²) < 4.78 is 6.56. The van der Waals surface area contributed by atoms with E-state index in [1.807, 2.05) is 37.3 Å². The Balaban J connectivity index is 1.51. The lowest BCUT2D eigenvalue weighted by Crippen LogP contribution is -2.30. The molecule has 1 aromatic carbocycles. The molecule has 2 N–H and O–H groups in total. The van der Waals surface area contributed by atoms with E-state index in [4.69, 9.17) is 4.42 Å². The third kappa shape index (κ3) is 4.29. The maximum absolute atomic E-state index is 12.3. The highest BCUT2D eigenvalue weighted by molar-refractivity contribution is 9.10. The minimum absolute atomic E-state index is 0.132. The van der Waals surface area contributed by atoms with Crippen LogP contribution in [0.3, 0.4) is 0 Å². The number of halogens is 1. The van der Waals surface area contributed by atoms with E-state index in [2.05, 4.69) is 31.5 Å². The van der Waals surface area contributed by atoms with Gasteiger partial charge < -0.3 is 15.1 Å². The van der Waals surface area contributed by atoms with Gasteiger partial charge in [-0.1, -0.05) is 15.9 Å². The monoisotopic (exact) mass is 415 g/mol. The first-order valence-electron chi connectivity index (χ1n) is 8.17. The summed E-state index contributed by atoms with van der Waals surface area (Å²) in [5, 5.41) is 6.42. The molecular formula is C19H18BrN3O3. The normalized spacial score (nSPS) is 10.7. The van der Waals surface area contributed by atoms with Crippen LogP contribution in [-0.4, -0.2) is 23.3 Å². The number of hydrogen-bond acceptors (Lipinski definition) is 4. The number of carbonyl (C=O) groups excluding carboxylic acids is 2. The summed E-state index contributed by atoms with van der Waals surface area (Å²) >= 11 is 3.41. The smallest absolute Gasteiger partial charge is 0.287 e. The van der Waals surface area contributed by atoms with Gasteiger partial charge in [0.25, 0.3) is 5.91 Å². The van der Waals surface area contributed by atoms with Crippen LogP contribution in [0.5, 0.6) is 0 Å². The third-order valence-corrected chi connectivity index (χ3v) is 4.47. The summed E-state index contributed by atoms with van der Waals surface area (Å²) in [4.78, 5) is 28.1. The summed E-state index contributed by atoms with van der Waals surface area (Å²) in [6.07, 6.45) is 3.55. The molecule has 0 fully saturated rings. The van der Waals surface area contributed by atoms with Crippen molar-refractivity contribution in [3.05, 3.63) is 64.1 Å².